The van der Waals surface area contributed by atoms with Crippen LogP contribution in [0.15, 0.2) is 66.2 Å². The van der Waals surface area contributed by atoms with Gasteiger partial charge in [-0.25, -0.2) is 0 Å². The van der Waals surface area contributed by atoms with E-state index in [1.165, 1.54) is 5.56 Å². The lowest BCUT2D eigenvalue weighted by Gasteiger charge is -2.47. The molecular weight excluding hydrogens is 398 g/mol. The molecule has 6 heteroatoms. The zero-order valence-corrected chi connectivity index (χ0v) is 17.8. The molecule has 1 aliphatic heterocycles. The molecule has 2 aliphatic rings. The predicted octanol–water partition coefficient (Wildman–Crippen LogP) is 4.04. The van der Waals surface area contributed by atoms with E-state index in [2.05, 4.69) is 35.2 Å². The summed E-state index contributed by atoms with van der Waals surface area (Å²) in [4.78, 5) is 2.26. The van der Waals surface area contributed by atoms with Crippen molar-refractivity contribution in [1.29, 1.82) is 21.2 Å². The average Bonchev–Trinajstić information content (AvgIpc) is 2.84. The fraction of sp³-hybridized carbons (Fsp3) is 0.308. The minimum Gasteiger partial charge on any atom is -0.497 e. The molecule has 0 radical (unpaired) electrons. The highest BCUT2D eigenvalue weighted by molar-refractivity contribution is 6.00. The van der Waals surface area contributed by atoms with E-state index in [0.717, 1.165) is 17.7 Å². The molecule has 3 atom stereocenters. The van der Waals surface area contributed by atoms with Gasteiger partial charge in [-0.05, 0) is 28.8 Å². The Balaban J connectivity index is 1.82. The lowest BCUT2D eigenvalue weighted by atomic mass is 9.54. The van der Waals surface area contributed by atoms with Crippen LogP contribution in [-0.2, 0) is 6.54 Å². The van der Waals surface area contributed by atoms with Crippen molar-refractivity contribution in [2.24, 2.45) is 17.3 Å². The first-order chi connectivity index (χ1) is 15.6. The predicted molar refractivity (Wildman–Crippen MR) is 120 cm³/mol. The number of nitrogens with one attached hydrogen (secondary N) is 1. The van der Waals surface area contributed by atoms with Crippen molar-refractivity contribution in [3.63, 3.8) is 0 Å². The molecular formula is C26H23N5O. The smallest absolute Gasteiger partial charge is 0.189 e. The van der Waals surface area contributed by atoms with E-state index in [1.54, 1.807) is 7.11 Å². The largest absolute Gasteiger partial charge is 0.497 e. The highest BCUT2D eigenvalue weighted by Gasteiger charge is 2.57. The first-order valence-corrected chi connectivity index (χ1v) is 10.5. The Morgan fingerprint density at radius 3 is 2.50 bits per heavy atom. The van der Waals surface area contributed by atoms with Gasteiger partial charge in [-0.2, -0.15) is 15.8 Å². The fourth-order valence-electron chi connectivity index (χ4n) is 5.05. The van der Waals surface area contributed by atoms with Gasteiger partial charge < -0.3 is 10.1 Å². The van der Waals surface area contributed by atoms with E-state index < -0.39 is 17.3 Å². The number of ether oxygens (including phenoxy) is 1. The number of hydrogen-bond donors (Lipinski definition) is 1. The molecule has 1 aliphatic carbocycles. The van der Waals surface area contributed by atoms with Crippen LogP contribution in [0.4, 0.5) is 0 Å². The van der Waals surface area contributed by atoms with Gasteiger partial charge in [0, 0.05) is 31.5 Å². The number of methoxy groups -OCH3 is 1. The highest BCUT2D eigenvalue weighted by Crippen LogP contribution is 2.53. The lowest BCUT2D eigenvalue weighted by molar-refractivity contribution is 0.198. The van der Waals surface area contributed by atoms with Crippen LogP contribution in [0.1, 0.15) is 17.0 Å². The van der Waals surface area contributed by atoms with Crippen LogP contribution in [-0.4, -0.2) is 30.8 Å². The summed E-state index contributed by atoms with van der Waals surface area (Å²) in [5.74, 6) is -1.05. The van der Waals surface area contributed by atoms with E-state index in [0.29, 0.717) is 18.8 Å². The highest BCUT2D eigenvalue weighted by atomic mass is 16.5. The van der Waals surface area contributed by atoms with Crippen molar-refractivity contribution in [3.05, 3.63) is 77.4 Å². The molecule has 0 saturated heterocycles. The minimum atomic E-state index is -1.72. The van der Waals surface area contributed by atoms with Gasteiger partial charge in [-0.1, -0.05) is 48.5 Å². The van der Waals surface area contributed by atoms with Crippen molar-refractivity contribution >= 4 is 5.71 Å². The number of fused-ring (bicyclic) bond motifs is 1. The zero-order chi connectivity index (χ0) is 22.7. The third kappa shape index (κ3) is 3.44. The van der Waals surface area contributed by atoms with Gasteiger partial charge in [0.15, 0.2) is 5.41 Å². The number of hydrogen-bond acceptors (Lipinski definition) is 6. The molecule has 1 heterocycles. The van der Waals surface area contributed by atoms with E-state index >= 15 is 0 Å². The average molecular weight is 422 g/mol. The Morgan fingerprint density at radius 2 is 1.84 bits per heavy atom. The van der Waals surface area contributed by atoms with E-state index in [1.807, 2.05) is 48.5 Å². The van der Waals surface area contributed by atoms with Crippen molar-refractivity contribution in [3.8, 4) is 24.0 Å². The van der Waals surface area contributed by atoms with Crippen LogP contribution in [0.2, 0.25) is 0 Å². The van der Waals surface area contributed by atoms with Crippen molar-refractivity contribution in [2.45, 2.75) is 12.5 Å². The summed E-state index contributed by atoms with van der Waals surface area (Å²) in [5.41, 5.74) is 0.943. The van der Waals surface area contributed by atoms with Crippen molar-refractivity contribution in [2.75, 3.05) is 20.2 Å². The molecule has 0 unspecified atom stereocenters. The van der Waals surface area contributed by atoms with Crippen LogP contribution < -0.4 is 4.74 Å². The van der Waals surface area contributed by atoms with E-state index in [4.69, 9.17) is 10.1 Å². The second-order valence-electron chi connectivity index (χ2n) is 8.25. The molecule has 1 saturated carbocycles. The molecule has 2 aromatic carbocycles. The lowest BCUT2D eigenvalue weighted by Crippen LogP contribution is -2.52. The molecule has 6 nitrogen and oxygen atoms in total. The topological polar surface area (TPSA) is 108 Å². The maximum absolute atomic E-state index is 10.2. The molecule has 0 spiro atoms. The quantitative estimate of drug-likeness (QED) is 0.750. The molecule has 1 N–H and O–H groups in total. The van der Waals surface area contributed by atoms with Gasteiger partial charge in [0.2, 0.25) is 0 Å². The van der Waals surface area contributed by atoms with Gasteiger partial charge in [0.25, 0.3) is 0 Å². The van der Waals surface area contributed by atoms with Crippen LogP contribution in [0, 0.1) is 56.7 Å². The Bertz CT molecular complexity index is 1170. The molecule has 0 aromatic heterocycles. The molecule has 32 heavy (non-hydrogen) atoms. The van der Waals surface area contributed by atoms with Gasteiger partial charge >= 0.3 is 0 Å². The Morgan fingerprint density at radius 1 is 1.09 bits per heavy atom. The Labute approximate surface area is 188 Å². The summed E-state index contributed by atoms with van der Waals surface area (Å²) >= 11 is 0. The van der Waals surface area contributed by atoms with E-state index in [-0.39, 0.29) is 11.6 Å². The summed E-state index contributed by atoms with van der Waals surface area (Å²) in [6.45, 7) is 1.98. The van der Waals surface area contributed by atoms with Crippen molar-refractivity contribution < 1.29 is 4.74 Å². The summed E-state index contributed by atoms with van der Waals surface area (Å²) < 4.78 is 5.39. The summed E-state index contributed by atoms with van der Waals surface area (Å²) in [6.07, 6.45) is 2.02. The van der Waals surface area contributed by atoms with Crippen LogP contribution in [0.3, 0.4) is 0 Å². The maximum atomic E-state index is 10.2. The Kier molecular flexibility index (Phi) is 5.78. The third-order valence-electron chi connectivity index (χ3n) is 6.57. The molecule has 158 valence electrons. The van der Waals surface area contributed by atoms with Crippen LogP contribution in [0.5, 0.6) is 5.75 Å². The van der Waals surface area contributed by atoms with Gasteiger partial charge in [-0.15, -0.1) is 0 Å². The normalized spacial score (nSPS) is 24.2. The Hall–Kier alpha value is -3.92. The van der Waals surface area contributed by atoms with Crippen LogP contribution in [0.25, 0.3) is 0 Å². The molecule has 0 amide bonds. The summed E-state index contributed by atoms with van der Waals surface area (Å²) in [5, 5.41) is 39.0. The van der Waals surface area contributed by atoms with Gasteiger partial charge in [-0.3, -0.25) is 4.90 Å². The minimum absolute atomic E-state index is 0.128. The molecule has 4 rings (SSSR count). The second-order valence-corrected chi connectivity index (χ2v) is 8.25. The standard InChI is InChI=1S/C26H23N5O/c1-32-20-9-5-8-19(12-20)24-23-15-31(14-18-6-3-2-4-7-18)11-10-21(23)22(13-27)25(30)26(24,16-28)17-29/h2-10,12,22-24,30H,11,14-15H2,1H3/t22-,23-,24-/m0/s1. The van der Waals surface area contributed by atoms with E-state index in [9.17, 15) is 15.8 Å². The number of nitrogens with zero attached hydrogens (tertiary/aromatic N) is 4. The van der Waals surface area contributed by atoms with Gasteiger partial charge in [0.05, 0.1) is 31.0 Å². The second kappa shape index (κ2) is 8.67. The SMILES string of the molecule is COc1cccc([C@H]2[C@H]3CN(Cc4ccccc4)CC=C3[C@H](C#N)C(=N)C2(C#N)C#N)c1. The third-order valence-corrected chi connectivity index (χ3v) is 6.57. The molecule has 0 bridgehead atoms. The number of rotatable bonds is 4. The monoisotopic (exact) mass is 421 g/mol. The number of benzene rings is 2. The number of nitriles is 3. The first kappa shape index (κ1) is 21.3. The fourth-order valence-corrected chi connectivity index (χ4v) is 5.05. The summed E-state index contributed by atoms with van der Waals surface area (Å²) in [6, 6.07) is 24.0. The summed E-state index contributed by atoms with van der Waals surface area (Å²) in [7, 11) is 1.57. The molecule has 2 aromatic rings. The zero-order valence-electron chi connectivity index (χ0n) is 17.8. The van der Waals surface area contributed by atoms with Crippen molar-refractivity contribution in [1.82, 2.24) is 4.90 Å². The maximum Gasteiger partial charge on any atom is 0.189 e. The van der Waals surface area contributed by atoms with Gasteiger partial charge in [0.1, 0.15) is 11.7 Å². The molecule has 1 fully saturated rings. The first-order valence-electron chi connectivity index (χ1n) is 10.5. The van der Waals surface area contributed by atoms with Crippen LogP contribution >= 0.6 is 0 Å².